The molecule has 3 rings (SSSR count). The summed E-state index contributed by atoms with van der Waals surface area (Å²) in [5.74, 6) is -0.317. The summed E-state index contributed by atoms with van der Waals surface area (Å²) in [7, 11) is 0. The summed E-state index contributed by atoms with van der Waals surface area (Å²) >= 11 is 0. The van der Waals surface area contributed by atoms with Crippen molar-refractivity contribution < 1.29 is 19.1 Å². The minimum atomic E-state index is -0.436. The highest BCUT2D eigenvalue weighted by atomic mass is 16.5. The maximum atomic E-state index is 12.7. The maximum absolute atomic E-state index is 12.7. The monoisotopic (exact) mass is 367 g/mol. The van der Waals surface area contributed by atoms with Crippen LogP contribution in [0, 0.1) is 0 Å². The Labute approximate surface area is 157 Å². The van der Waals surface area contributed by atoms with Gasteiger partial charge < -0.3 is 20.3 Å². The Morgan fingerprint density at radius 2 is 1.41 bits per heavy atom. The zero-order valence-corrected chi connectivity index (χ0v) is 15.1. The van der Waals surface area contributed by atoms with Crippen LogP contribution in [0.5, 0.6) is 5.75 Å². The fourth-order valence-electron chi connectivity index (χ4n) is 2.96. The number of nitrogens with zero attached hydrogens (tertiary/aromatic N) is 2. The molecule has 2 aromatic carbocycles. The molecule has 0 aliphatic carbocycles. The van der Waals surface area contributed by atoms with E-state index >= 15 is 0 Å². The Morgan fingerprint density at radius 1 is 0.852 bits per heavy atom. The van der Waals surface area contributed by atoms with Gasteiger partial charge in [-0.3, -0.25) is 14.4 Å². The van der Waals surface area contributed by atoms with Crippen LogP contribution in [0.4, 0.5) is 5.69 Å². The normalized spacial score (nSPS) is 14.0. The number of esters is 1. The topological polar surface area (TPSA) is 92.9 Å². The quantitative estimate of drug-likeness (QED) is 0.507. The van der Waals surface area contributed by atoms with Crippen molar-refractivity contribution in [1.82, 2.24) is 9.80 Å². The Hall–Kier alpha value is -3.35. The molecule has 0 atom stereocenters. The lowest BCUT2D eigenvalue weighted by molar-refractivity contribution is -0.131. The van der Waals surface area contributed by atoms with Gasteiger partial charge in [-0.2, -0.15) is 0 Å². The molecule has 0 bridgehead atoms. The number of carbonyl (C=O) groups excluding carboxylic acids is 3. The van der Waals surface area contributed by atoms with Gasteiger partial charge in [0.2, 0.25) is 0 Å². The first-order valence-corrected chi connectivity index (χ1v) is 8.66. The van der Waals surface area contributed by atoms with Gasteiger partial charge >= 0.3 is 5.97 Å². The molecular formula is C20H21N3O4. The van der Waals surface area contributed by atoms with Gasteiger partial charge in [-0.25, -0.2) is 0 Å². The van der Waals surface area contributed by atoms with Crippen molar-refractivity contribution in [3.63, 3.8) is 0 Å². The molecule has 140 valence electrons. The van der Waals surface area contributed by atoms with E-state index < -0.39 is 5.97 Å². The number of benzene rings is 2. The van der Waals surface area contributed by atoms with E-state index in [2.05, 4.69) is 0 Å². The van der Waals surface area contributed by atoms with Gasteiger partial charge in [-0.1, -0.05) is 6.07 Å². The number of nitrogen functional groups attached to an aromatic ring is 1. The summed E-state index contributed by atoms with van der Waals surface area (Å²) in [6, 6.07) is 13.3. The van der Waals surface area contributed by atoms with Gasteiger partial charge in [0.1, 0.15) is 5.75 Å². The van der Waals surface area contributed by atoms with Gasteiger partial charge in [0.05, 0.1) is 0 Å². The van der Waals surface area contributed by atoms with Crippen molar-refractivity contribution in [3.05, 3.63) is 59.7 Å². The number of rotatable bonds is 3. The minimum Gasteiger partial charge on any atom is -0.427 e. The summed E-state index contributed by atoms with van der Waals surface area (Å²) in [6.45, 7) is 3.11. The fraction of sp³-hybridized carbons (Fsp3) is 0.250. The number of anilines is 1. The second kappa shape index (κ2) is 7.90. The van der Waals surface area contributed by atoms with Gasteiger partial charge in [-0.15, -0.1) is 0 Å². The molecule has 27 heavy (non-hydrogen) atoms. The molecule has 7 heteroatoms. The molecule has 2 aromatic rings. The van der Waals surface area contributed by atoms with E-state index in [0.717, 1.165) is 0 Å². The van der Waals surface area contributed by atoms with E-state index in [1.165, 1.54) is 6.92 Å². The van der Waals surface area contributed by atoms with E-state index in [9.17, 15) is 14.4 Å². The van der Waals surface area contributed by atoms with E-state index in [-0.39, 0.29) is 11.8 Å². The summed E-state index contributed by atoms with van der Waals surface area (Å²) in [5, 5.41) is 0. The Kier molecular flexibility index (Phi) is 5.40. The summed E-state index contributed by atoms with van der Waals surface area (Å²) < 4.78 is 5.03. The molecule has 0 aromatic heterocycles. The van der Waals surface area contributed by atoms with Crippen LogP contribution in [0.25, 0.3) is 0 Å². The molecule has 0 unspecified atom stereocenters. The average Bonchev–Trinajstić information content (AvgIpc) is 2.67. The molecule has 1 aliphatic rings. The lowest BCUT2D eigenvalue weighted by atomic mass is 10.1. The van der Waals surface area contributed by atoms with Gasteiger partial charge in [-0.05, 0) is 42.5 Å². The molecular weight excluding hydrogens is 346 g/mol. The van der Waals surface area contributed by atoms with Crippen LogP contribution in [0.3, 0.4) is 0 Å². The minimum absolute atomic E-state index is 0.0704. The highest BCUT2D eigenvalue weighted by Crippen LogP contribution is 2.17. The number of piperazine rings is 1. The predicted octanol–water partition coefficient (Wildman–Crippen LogP) is 1.79. The smallest absolute Gasteiger partial charge is 0.308 e. The van der Waals surface area contributed by atoms with Crippen LogP contribution in [-0.2, 0) is 4.79 Å². The first-order valence-electron chi connectivity index (χ1n) is 8.66. The molecule has 0 saturated carbocycles. The van der Waals surface area contributed by atoms with Gasteiger partial charge in [0.15, 0.2) is 0 Å². The van der Waals surface area contributed by atoms with Crippen LogP contribution in [-0.4, -0.2) is 53.8 Å². The summed E-state index contributed by atoms with van der Waals surface area (Å²) in [5.41, 5.74) is 7.29. The number of carbonyl (C=O) groups is 3. The average molecular weight is 367 g/mol. The Morgan fingerprint density at radius 3 is 1.96 bits per heavy atom. The molecule has 1 aliphatic heterocycles. The third kappa shape index (κ3) is 4.44. The van der Waals surface area contributed by atoms with E-state index in [4.69, 9.17) is 10.5 Å². The standard InChI is InChI=1S/C20H21N3O4/c1-14(24)27-18-4-2-3-16(13-18)20(26)23-11-9-22(10-12-23)19(25)15-5-7-17(21)8-6-15/h2-8,13H,9-12,21H2,1H3. The summed E-state index contributed by atoms with van der Waals surface area (Å²) in [4.78, 5) is 39.7. The number of amides is 2. The number of nitrogens with two attached hydrogens (primary N) is 1. The second-order valence-corrected chi connectivity index (χ2v) is 6.33. The second-order valence-electron chi connectivity index (χ2n) is 6.33. The van der Waals surface area contributed by atoms with Crippen LogP contribution >= 0.6 is 0 Å². The maximum Gasteiger partial charge on any atom is 0.308 e. The number of hydrogen-bond donors (Lipinski definition) is 1. The molecule has 0 radical (unpaired) electrons. The van der Waals surface area contributed by atoms with Crippen molar-refractivity contribution in [1.29, 1.82) is 0 Å². The predicted molar refractivity (Wildman–Crippen MR) is 100 cm³/mol. The van der Waals surface area contributed by atoms with Gasteiger partial charge in [0, 0.05) is 49.9 Å². The lowest BCUT2D eigenvalue weighted by Crippen LogP contribution is -2.50. The van der Waals surface area contributed by atoms with Crippen LogP contribution in [0.15, 0.2) is 48.5 Å². The van der Waals surface area contributed by atoms with E-state index in [1.54, 1.807) is 58.3 Å². The fourth-order valence-corrected chi connectivity index (χ4v) is 2.96. The molecule has 7 nitrogen and oxygen atoms in total. The third-order valence-corrected chi connectivity index (χ3v) is 4.35. The van der Waals surface area contributed by atoms with Crippen LogP contribution in [0.2, 0.25) is 0 Å². The van der Waals surface area contributed by atoms with E-state index in [0.29, 0.717) is 48.7 Å². The first-order chi connectivity index (χ1) is 12.9. The summed E-state index contributed by atoms with van der Waals surface area (Å²) in [6.07, 6.45) is 0. The van der Waals surface area contributed by atoms with Crippen molar-refractivity contribution in [2.24, 2.45) is 0 Å². The highest BCUT2D eigenvalue weighted by molar-refractivity contribution is 5.96. The third-order valence-electron chi connectivity index (χ3n) is 4.35. The highest BCUT2D eigenvalue weighted by Gasteiger charge is 2.25. The van der Waals surface area contributed by atoms with Crippen molar-refractivity contribution in [2.75, 3.05) is 31.9 Å². The molecule has 1 fully saturated rings. The van der Waals surface area contributed by atoms with Crippen molar-refractivity contribution in [2.45, 2.75) is 6.92 Å². The molecule has 2 amide bonds. The Bertz CT molecular complexity index is 856. The van der Waals surface area contributed by atoms with Gasteiger partial charge in [0.25, 0.3) is 11.8 Å². The zero-order valence-electron chi connectivity index (χ0n) is 15.1. The molecule has 0 spiro atoms. The first kappa shape index (κ1) is 18.4. The lowest BCUT2D eigenvalue weighted by Gasteiger charge is -2.35. The van der Waals surface area contributed by atoms with Crippen LogP contribution in [0.1, 0.15) is 27.6 Å². The van der Waals surface area contributed by atoms with Crippen LogP contribution < -0.4 is 10.5 Å². The van der Waals surface area contributed by atoms with Crippen molar-refractivity contribution in [3.8, 4) is 5.75 Å². The molecule has 1 saturated heterocycles. The number of hydrogen-bond acceptors (Lipinski definition) is 5. The molecule has 2 N–H and O–H groups in total. The number of ether oxygens (including phenoxy) is 1. The van der Waals surface area contributed by atoms with E-state index in [1.807, 2.05) is 0 Å². The van der Waals surface area contributed by atoms with Crippen molar-refractivity contribution >= 4 is 23.5 Å². The Balaban J connectivity index is 1.61. The zero-order chi connectivity index (χ0) is 19.4. The molecule has 1 heterocycles. The largest absolute Gasteiger partial charge is 0.427 e. The SMILES string of the molecule is CC(=O)Oc1cccc(C(=O)N2CCN(C(=O)c3ccc(N)cc3)CC2)c1.